The Bertz CT molecular complexity index is 947. The summed E-state index contributed by atoms with van der Waals surface area (Å²) in [6, 6.07) is 6.84. The van der Waals surface area contributed by atoms with E-state index in [-0.39, 0.29) is 45.5 Å². The maximum atomic E-state index is 11.3. The van der Waals surface area contributed by atoms with Crippen molar-refractivity contribution < 1.29 is 34.3 Å². The molecule has 11 heteroatoms. The number of hydrogen-bond acceptors (Lipinski definition) is 10. The van der Waals surface area contributed by atoms with Gasteiger partial charge in [-0.1, -0.05) is 10.3 Å². The Morgan fingerprint density at radius 3 is 1.76 bits per heavy atom. The third-order valence-electron chi connectivity index (χ3n) is 4.01. The quantitative estimate of drug-likeness (QED) is 0.295. The molecule has 0 bridgehead atoms. The van der Waals surface area contributed by atoms with Crippen molar-refractivity contribution in [2.75, 3.05) is 28.4 Å². The topological polar surface area (TPSA) is 145 Å². The zero-order chi connectivity index (χ0) is 21.6. The Morgan fingerprint density at radius 2 is 1.34 bits per heavy atom. The molecule has 11 nitrogen and oxygen atoms in total. The third-order valence-corrected chi connectivity index (χ3v) is 4.01. The first kappa shape index (κ1) is 21.3. The summed E-state index contributed by atoms with van der Waals surface area (Å²) >= 11 is 0. The molecule has 0 radical (unpaired) electrons. The fourth-order valence-electron chi connectivity index (χ4n) is 2.68. The van der Waals surface area contributed by atoms with E-state index in [1.54, 1.807) is 0 Å². The Morgan fingerprint density at radius 1 is 0.828 bits per heavy atom. The number of nitrogens with zero attached hydrogens (tertiary/aromatic N) is 3. The molecule has 29 heavy (non-hydrogen) atoms. The number of hydrogen-bond donors (Lipinski definition) is 2. The molecule has 2 aromatic carbocycles. The van der Waals surface area contributed by atoms with Gasteiger partial charge in [-0.3, -0.25) is 10.1 Å². The predicted octanol–water partition coefficient (Wildman–Crippen LogP) is 2.69. The number of methoxy groups -OCH3 is 4. The van der Waals surface area contributed by atoms with Crippen molar-refractivity contribution in [3.63, 3.8) is 0 Å². The van der Waals surface area contributed by atoms with E-state index < -0.39 is 4.92 Å². The minimum atomic E-state index is -0.646. The maximum Gasteiger partial charge on any atom is 0.311 e. The van der Waals surface area contributed by atoms with Crippen LogP contribution in [0, 0.1) is 10.1 Å². The minimum absolute atomic E-state index is 0.0197. The van der Waals surface area contributed by atoms with Crippen LogP contribution in [0.3, 0.4) is 0 Å². The van der Waals surface area contributed by atoms with Crippen molar-refractivity contribution in [1.29, 1.82) is 0 Å². The minimum Gasteiger partial charge on any atom is -0.493 e. The van der Waals surface area contributed by atoms with Gasteiger partial charge in [0.1, 0.15) is 11.4 Å². The molecule has 0 amide bonds. The lowest BCUT2D eigenvalue weighted by atomic mass is 9.98. The van der Waals surface area contributed by atoms with Crippen LogP contribution in [-0.2, 0) is 0 Å². The number of nitro benzene ring substituents is 1. The lowest BCUT2D eigenvalue weighted by molar-refractivity contribution is -0.385. The van der Waals surface area contributed by atoms with E-state index in [0.717, 1.165) is 6.07 Å². The first-order chi connectivity index (χ1) is 13.9. The van der Waals surface area contributed by atoms with Crippen molar-refractivity contribution in [2.45, 2.75) is 0 Å². The second kappa shape index (κ2) is 9.26. The summed E-state index contributed by atoms with van der Waals surface area (Å²) in [6.07, 6.45) is 0. The molecule has 2 N–H and O–H groups in total. The summed E-state index contributed by atoms with van der Waals surface area (Å²) in [7, 11) is 5.53. The van der Waals surface area contributed by atoms with Gasteiger partial charge in [0.2, 0.25) is 5.75 Å². The van der Waals surface area contributed by atoms with E-state index >= 15 is 0 Å². The van der Waals surface area contributed by atoms with Crippen LogP contribution in [0.2, 0.25) is 0 Å². The highest BCUT2D eigenvalue weighted by Crippen LogP contribution is 2.38. The maximum absolute atomic E-state index is 11.3. The number of benzene rings is 2. The van der Waals surface area contributed by atoms with E-state index in [2.05, 4.69) is 10.3 Å². The monoisotopic (exact) mass is 405 g/mol. The second-order valence-corrected chi connectivity index (χ2v) is 5.45. The summed E-state index contributed by atoms with van der Waals surface area (Å²) in [5.74, 6) is 0.854. The zero-order valence-corrected chi connectivity index (χ0v) is 16.1. The lowest BCUT2D eigenvalue weighted by Crippen LogP contribution is -2.18. The molecule has 154 valence electrons. The summed E-state index contributed by atoms with van der Waals surface area (Å²) in [5, 5.41) is 36.8. The van der Waals surface area contributed by atoms with Gasteiger partial charge in [-0.05, 0) is 24.3 Å². The molecule has 0 heterocycles. The Kier molecular flexibility index (Phi) is 6.80. The summed E-state index contributed by atoms with van der Waals surface area (Å²) < 4.78 is 20.7. The molecule has 0 spiro atoms. The van der Waals surface area contributed by atoms with Crippen LogP contribution in [0.1, 0.15) is 11.1 Å². The highest BCUT2D eigenvalue weighted by molar-refractivity contribution is 6.53. The molecule has 0 aliphatic heterocycles. The molecule has 0 aromatic heterocycles. The van der Waals surface area contributed by atoms with Gasteiger partial charge in [0, 0.05) is 17.2 Å². The van der Waals surface area contributed by atoms with Gasteiger partial charge in [0.25, 0.3) is 0 Å². The first-order valence-corrected chi connectivity index (χ1v) is 8.03. The van der Waals surface area contributed by atoms with E-state index in [1.165, 1.54) is 52.7 Å². The standard InChI is InChI=1S/C18H19N3O8/c1-26-13-6-5-10(7-12(13)21(24)25)16(19-22)17(20-23)11-8-14(27-2)18(29-4)15(9-11)28-3/h5-9,22-23H,1-4H3/b19-16+,20-17-. The van der Waals surface area contributed by atoms with Gasteiger partial charge in [-0.25, -0.2) is 0 Å². The van der Waals surface area contributed by atoms with E-state index in [9.17, 15) is 20.5 Å². The molecule has 2 aromatic rings. The molecule has 0 fully saturated rings. The van der Waals surface area contributed by atoms with Crippen molar-refractivity contribution >= 4 is 17.1 Å². The highest BCUT2D eigenvalue weighted by atomic mass is 16.6. The summed E-state index contributed by atoms with van der Waals surface area (Å²) in [6.45, 7) is 0. The van der Waals surface area contributed by atoms with Crippen molar-refractivity contribution in [3.8, 4) is 23.0 Å². The zero-order valence-electron chi connectivity index (χ0n) is 16.1. The largest absolute Gasteiger partial charge is 0.493 e. The van der Waals surface area contributed by atoms with Crippen LogP contribution in [0.4, 0.5) is 5.69 Å². The third kappa shape index (κ3) is 4.13. The molecule has 0 saturated carbocycles. The van der Waals surface area contributed by atoms with Gasteiger partial charge < -0.3 is 29.4 Å². The van der Waals surface area contributed by atoms with Crippen molar-refractivity contribution in [3.05, 3.63) is 51.6 Å². The number of rotatable bonds is 8. The summed E-state index contributed by atoms with van der Waals surface area (Å²) in [5.41, 5.74) is -0.415. The Balaban J connectivity index is 2.64. The Labute approximate surface area is 165 Å². The van der Waals surface area contributed by atoms with Crippen molar-refractivity contribution in [2.24, 2.45) is 10.3 Å². The Hall–Kier alpha value is -4.02. The molecule has 0 aliphatic carbocycles. The second-order valence-electron chi connectivity index (χ2n) is 5.45. The number of oxime groups is 2. The molecule has 2 rings (SSSR count). The van der Waals surface area contributed by atoms with Gasteiger partial charge in [-0.2, -0.15) is 0 Å². The van der Waals surface area contributed by atoms with E-state index in [1.807, 2.05) is 0 Å². The predicted molar refractivity (Wildman–Crippen MR) is 102 cm³/mol. The fourth-order valence-corrected chi connectivity index (χ4v) is 2.68. The SMILES string of the molecule is COc1ccc(C(=N\O)/C(=N\O)c2cc(OC)c(OC)c(OC)c2)cc1[N+](=O)[O-]. The number of nitro groups is 1. The van der Waals surface area contributed by atoms with Crippen LogP contribution >= 0.6 is 0 Å². The van der Waals surface area contributed by atoms with E-state index in [4.69, 9.17) is 18.9 Å². The molecule has 0 unspecified atom stereocenters. The molecule has 0 atom stereocenters. The van der Waals surface area contributed by atoms with Crippen LogP contribution in [-0.4, -0.2) is 55.2 Å². The van der Waals surface area contributed by atoms with Gasteiger partial charge in [0.05, 0.1) is 33.4 Å². The van der Waals surface area contributed by atoms with Crippen LogP contribution in [0.5, 0.6) is 23.0 Å². The fraction of sp³-hybridized carbons (Fsp3) is 0.222. The smallest absolute Gasteiger partial charge is 0.311 e. The van der Waals surface area contributed by atoms with Crippen LogP contribution in [0.25, 0.3) is 0 Å². The van der Waals surface area contributed by atoms with Crippen LogP contribution in [0.15, 0.2) is 40.6 Å². The van der Waals surface area contributed by atoms with Gasteiger partial charge >= 0.3 is 5.69 Å². The number of ether oxygens (including phenoxy) is 4. The highest BCUT2D eigenvalue weighted by Gasteiger charge is 2.24. The molecule has 0 saturated heterocycles. The van der Waals surface area contributed by atoms with Crippen LogP contribution < -0.4 is 18.9 Å². The first-order valence-electron chi connectivity index (χ1n) is 8.03. The average Bonchev–Trinajstić information content (AvgIpc) is 2.75. The summed E-state index contributed by atoms with van der Waals surface area (Å²) in [4.78, 5) is 10.6. The van der Waals surface area contributed by atoms with E-state index in [0.29, 0.717) is 5.75 Å². The van der Waals surface area contributed by atoms with Gasteiger partial charge in [0.15, 0.2) is 17.2 Å². The van der Waals surface area contributed by atoms with Crippen molar-refractivity contribution in [1.82, 2.24) is 0 Å². The normalized spacial score (nSPS) is 11.7. The molecular weight excluding hydrogens is 386 g/mol. The van der Waals surface area contributed by atoms with Gasteiger partial charge in [-0.15, -0.1) is 0 Å². The molecular formula is C18H19N3O8. The average molecular weight is 405 g/mol. The molecule has 0 aliphatic rings. The lowest BCUT2D eigenvalue weighted by Gasteiger charge is -2.15.